The fraction of sp³-hybridized carbons (Fsp3) is 0.533. The van der Waals surface area contributed by atoms with E-state index in [4.69, 9.17) is 5.73 Å². The van der Waals surface area contributed by atoms with E-state index < -0.39 is 0 Å². The number of hydrogen-bond donors (Lipinski definition) is 1. The molecule has 0 aliphatic heterocycles. The number of hydrogen-bond acceptors (Lipinski definition) is 2. The van der Waals surface area contributed by atoms with Crippen LogP contribution >= 0.6 is 0 Å². The van der Waals surface area contributed by atoms with E-state index in [0.717, 1.165) is 30.7 Å². The van der Waals surface area contributed by atoms with Gasteiger partial charge in [-0.1, -0.05) is 18.9 Å². The molecule has 0 radical (unpaired) electrons. The molecule has 1 aromatic carbocycles. The summed E-state index contributed by atoms with van der Waals surface area (Å²) in [5, 5.41) is 0. The van der Waals surface area contributed by atoms with Gasteiger partial charge in [-0.2, -0.15) is 0 Å². The molecule has 19 heavy (non-hydrogen) atoms. The average Bonchev–Trinajstić information content (AvgIpc) is 3.04. The van der Waals surface area contributed by atoms with Gasteiger partial charge in [-0.15, -0.1) is 0 Å². The average molecular weight is 261 g/mol. The Morgan fingerprint density at radius 1 is 1.37 bits per heavy atom. The second-order valence-electron chi connectivity index (χ2n) is 5.48. The Morgan fingerprint density at radius 3 is 2.74 bits per heavy atom. The first-order valence-corrected chi connectivity index (χ1v) is 7.07. The van der Waals surface area contributed by atoms with Crippen LogP contribution in [-0.4, -0.2) is 16.1 Å². The second-order valence-corrected chi connectivity index (χ2v) is 5.48. The van der Waals surface area contributed by atoms with E-state index in [9.17, 15) is 4.39 Å². The van der Waals surface area contributed by atoms with Gasteiger partial charge in [0.15, 0.2) is 5.82 Å². The van der Waals surface area contributed by atoms with Crippen LogP contribution in [0.1, 0.15) is 38.4 Å². The molecule has 102 valence electrons. The third-order valence-corrected chi connectivity index (χ3v) is 4.47. The van der Waals surface area contributed by atoms with Crippen molar-refractivity contribution in [3.8, 4) is 0 Å². The predicted molar refractivity (Wildman–Crippen MR) is 74.6 cm³/mol. The molecule has 0 unspecified atom stereocenters. The van der Waals surface area contributed by atoms with Gasteiger partial charge in [0.25, 0.3) is 0 Å². The minimum atomic E-state index is -0.240. The minimum absolute atomic E-state index is 0.0541. The van der Waals surface area contributed by atoms with Gasteiger partial charge in [0.05, 0.1) is 5.52 Å². The summed E-state index contributed by atoms with van der Waals surface area (Å²) in [6, 6.07) is 5.17. The van der Waals surface area contributed by atoms with Gasteiger partial charge in [0.1, 0.15) is 11.3 Å². The smallest absolute Gasteiger partial charge is 0.151 e. The highest BCUT2D eigenvalue weighted by Crippen LogP contribution is 2.41. The molecule has 0 saturated heterocycles. The van der Waals surface area contributed by atoms with Crippen molar-refractivity contribution in [2.75, 3.05) is 6.54 Å². The SMILES string of the molecule is CCn1c(C2(CN)CCCC2)nc2c(F)cccc21. The summed E-state index contributed by atoms with van der Waals surface area (Å²) < 4.78 is 16.1. The third kappa shape index (κ3) is 1.77. The van der Waals surface area contributed by atoms with E-state index >= 15 is 0 Å². The predicted octanol–water partition coefficient (Wildman–Crippen LogP) is 2.97. The van der Waals surface area contributed by atoms with Gasteiger partial charge in [0.2, 0.25) is 0 Å². The van der Waals surface area contributed by atoms with Gasteiger partial charge in [-0.3, -0.25) is 0 Å². The molecule has 1 fully saturated rings. The number of aromatic nitrogens is 2. The lowest BCUT2D eigenvalue weighted by atomic mass is 9.85. The van der Waals surface area contributed by atoms with Crippen molar-refractivity contribution in [3.05, 3.63) is 29.8 Å². The Labute approximate surface area is 112 Å². The van der Waals surface area contributed by atoms with E-state index in [1.165, 1.54) is 18.9 Å². The van der Waals surface area contributed by atoms with E-state index in [0.29, 0.717) is 12.1 Å². The van der Waals surface area contributed by atoms with Crippen LogP contribution < -0.4 is 5.73 Å². The van der Waals surface area contributed by atoms with E-state index in [1.54, 1.807) is 6.07 Å². The van der Waals surface area contributed by atoms with Gasteiger partial charge >= 0.3 is 0 Å². The summed E-state index contributed by atoms with van der Waals surface area (Å²) in [5.74, 6) is 0.742. The van der Waals surface area contributed by atoms with Crippen LogP contribution in [0.4, 0.5) is 4.39 Å². The zero-order chi connectivity index (χ0) is 13.5. The molecule has 0 amide bonds. The highest BCUT2D eigenvalue weighted by molar-refractivity contribution is 5.77. The van der Waals surface area contributed by atoms with Crippen LogP contribution in [0.5, 0.6) is 0 Å². The zero-order valence-corrected chi connectivity index (χ0v) is 11.3. The van der Waals surface area contributed by atoms with Gasteiger partial charge in [-0.25, -0.2) is 9.37 Å². The topological polar surface area (TPSA) is 43.8 Å². The van der Waals surface area contributed by atoms with Crippen molar-refractivity contribution >= 4 is 11.0 Å². The molecule has 1 aliphatic rings. The van der Waals surface area contributed by atoms with E-state index in [2.05, 4.69) is 16.5 Å². The lowest BCUT2D eigenvalue weighted by Gasteiger charge is -2.27. The van der Waals surface area contributed by atoms with Crippen molar-refractivity contribution in [2.45, 2.75) is 44.6 Å². The van der Waals surface area contributed by atoms with E-state index in [1.807, 2.05) is 6.07 Å². The number of halogens is 1. The fourth-order valence-electron chi connectivity index (χ4n) is 3.41. The molecule has 1 heterocycles. The molecule has 1 saturated carbocycles. The maximum Gasteiger partial charge on any atom is 0.151 e. The van der Waals surface area contributed by atoms with Crippen LogP contribution in [0.2, 0.25) is 0 Å². The molecule has 3 rings (SSSR count). The molecule has 4 heteroatoms. The Kier molecular flexibility index (Phi) is 3.05. The van der Waals surface area contributed by atoms with Crippen LogP contribution in [0, 0.1) is 5.82 Å². The van der Waals surface area contributed by atoms with Crippen LogP contribution in [-0.2, 0) is 12.0 Å². The minimum Gasteiger partial charge on any atom is -0.329 e. The quantitative estimate of drug-likeness (QED) is 0.923. The maximum absolute atomic E-state index is 13.9. The molecule has 0 atom stereocenters. The van der Waals surface area contributed by atoms with Gasteiger partial charge in [0, 0.05) is 18.5 Å². The fourth-order valence-corrected chi connectivity index (χ4v) is 3.41. The maximum atomic E-state index is 13.9. The third-order valence-electron chi connectivity index (χ3n) is 4.47. The van der Waals surface area contributed by atoms with Gasteiger partial charge < -0.3 is 10.3 Å². The molecule has 1 aliphatic carbocycles. The van der Waals surface area contributed by atoms with Crippen molar-refractivity contribution < 1.29 is 4.39 Å². The molecule has 2 N–H and O–H groups in total. The number of benzene rings is 1. The number of fused-ring (bicyclic) bond motifs is 1. The highest BCUT2D eigenvalue weighted by Gasteiger charge is 2.38. The summed E-state index contributed by atoms with van der Waals surface area (Å²) in [7, 11) is 0. The number of aryl methyl sites for hydroxylation is 1. The van der Waals surface area contributed by atoms with Crippen LogP contribution in [0.3, 0.4) is 0 Å². The van der Waals surface area contributed by atoms with Crippen molar-refractivity contribution in [3.63, 3.8) is 0 Å². The molecule has 3 nitrogen and oxygen atoms in total. The Morgan fingerprint density at radius 2 is 2.11 bits per heavy atom. The number of rotatable bonds is 3. The van der Waals surface area contributed by atoms with Crippen molar-refractivity contribution in [1.82, 2.24) is 9.55 Å². The zero-order valence-electron chi connectivity index (χ0n) is 11.3. The van der Waals surface area contributed by atoms with Crippen molar-refractivity contribution in [2.24, 2.45) is 5.73 Å². The summed E-state index contributed by atoms with van der Waals surface area (Å²) in [5.41, 5.74) is 7.35. The number of nitrogens with zero attached hydrogens (tertiary/aromatic N) is 2. The first-order valence-electron chi connectivity index (χ1n) is 7.07. The van der Waals surface area contributed by atoms with Crippen LogP contribution in [0.25, 0.3) is 11.0 Å². The lowest BCUT2D eigenvalue weighted by Crippen LogP contribution is -2.35. The van der Waals surface area contributed by atoms with Crippen LogP contribution in [0.15, 0.2) is 18.2 Å². The molecule has 2 aromatic rings. The largest absolute Gasteiger partial charge is 0.329 e. The number of nitrogens with two attached hydrogens (primary N) is 1. The summed E-state index contributed by atoms with van der Waals surface area (Å²) in [6.07, 6.45) is 4.50. The molecular weight excluding hydrogens is 241 g/mol. The highest BCUT2D eigenvalue weighted by atomic mass is 19.1. The molecule has 0 bridgehead atoms. The Hall–Kier alpha value is -1.42. The van der Waals surface area contributed by atoms with Gasteiger partial charge in [-0.05, 0) is 31.9 Å². The summed E-state index contributed by atoms with van der Waals surface area (Å²) >= 11 is 0. The first kappa shape index (κ1) is 12.6. The van der Waals surface area contributed by atoms with E-state index in [-0.39, 0.29) is 11.2 Å². The first-order chi connectivity index (χ1) is 9.22. The van der Waals surface area contributed by atoms with Crippen molar-refractivity contribution in [1.29, 1.82) is 0 Å². The summed E-state index contributed by atoms with van der Waals surface area (Å²) in [6.45, 7) is 3.48. The monoisotopic (exact) mass is 261 g/mol. The second kappa shape index (κ2) is 4.60. The summed E-state index contributed by atoms with van der Waals surface area (Å²) in [4.78, 5) is 4.62. The molecule has 1 aromatic heterocycles. The number of para-hydroxylation sites is 1. The molecular formula is C15H20FN3. The Bertz CT molecular complexity index is 597. The Balaban J connectivity index is 2.26. The normalized spacial score (nSPS) is 18.3. The number of imidazole rings is 1. The standard InChI is InChI=1S/C15H20FN3/c1-2-19-12-7-5-6-11(16)13(12)18-14(19)15(10-17)8-3-4-9-15/h5-7H,2-4,8-10,17H2,1H3. The molecule has 0 spiro atoms. The lowest BCUT2D eigenvalue weighted by molar-refractivity contribution is 0.407.